The average Bonchev–Trinajstić information content (AvgIpc) is 2.24. The molecule has 0 amide bonds. The zero-order valence-corrected chi connectivity index (χ0v) is 10.3. The summed E-state index contributed by atoms with van der Waals surface area (Å²) in [6, 6.07) is 1.38. The van der Waals surface area contributed by atoms with Crippen LogP contribution in [0.1, 0.15) is 31.3 Å². The lowest BCUT2D eigenvalue weighted by Gasteiger charge is -2.34. The largest absolute Gasteiger partial charge is 0.477 e. The molecule has 0 radical (unpaired) electrons. The van der Waals surface area contributed by atoms with Gasteiger partial charge in [0.25, 0.3) is 0 Å². The van der Waals surface area contributed by atoms with Gasteiger partial charge in [-0.1, -0.05) is 6.08 Å². The van der Waals surface area contributed by atoms with Gasteiger partial charge in [0.05, 0.1) is 0 Å². The van der Waals surface area contributed by atoms with Crippen molar-refractivity contribution in [3.05, 3.63) is 30.6 Å². The third-order valence-corrected chi connectivity index (χ3v) is 2.22. The van der Waals surface area contributed by atoms with Crippen LogP contribution in [0.25, 0.3) is 0 Å². The van der Waals surface area contributed by atoms with E-state index in [9.17, 15) is 4.79 Å². The molecule has 1 aromatic rings. The van der Waals surface area contributed by atoms with E-state index in [1.807, 2.05) is 25.7 Å². The second kappa shape index (κ2) is 4.95. The van der Waals surface area contributed by atoms with Gasteiger partial charge in [-0.3, -0.25) is 0 Å². The molecule has 0 aromatic carbocycles. The molecule has 5 heteroatoms. The first-order chi connectivity index (χ1) is 7.86. The van der Waals surface area contributed by atoms with Crippen LogP contribution in [0.15, 0.2) is 24.9 Å². The Morgan fingerprint density at radius 3 is 2.71 bits per heavy atom. The molecule has 5 nitrogen and oxygen atoms in total. The molecule has 0 aliphatic heterocycles. The van der Waals surface area contributed by atoms with E-state index in [2.05, 4.69) is 16.5 Å². The van der Waals surface area contributed by atoms with Gasteiger partial charge in [0, 0.05) is 18.3 Å². The van der Waals surface area contributed by atoms with Crippen LogP contribution in [0.3, 0.4) is 0 Å². The first-order valence-electron chi connectivity index (χ1n) is 5.31. The van der Waals surface area contributed by atoms with Gasteiger partial charge in [-0.25, -0.2) is 14.8 Å². The molecule has 1 heterocycles. The number of carboxylic acid groups (broad SMARTS) is 1. The lowest BCUT2D eigenvalue weighted by molar-refractivity contribution is 0.0690. The van der Waals surface area contributed by atoms with Gasteiger partial charge in [-0.05, 0) is 26.8 Å². The molecular weight excluding hydrogens is 218 g/mol. The molecule has 0 aliphatic rings. The first kappa shape index (κ1) is 13.2. The average molecular weight is 235 g/mol. The van der Waals surface area contributed by atoms with Crippen LogP contribution >= 0.6 is 0 Å². The Bertz CT molecular complexity index is 424. The number of carbonyl (C=O) groups is 1. The molecule has 17 heavy (non-hydrogen) atoms. The highest BCUT2D eigenvalue weighted by Gasteiger charge is 2.23. The van der Waals surface area contributed by atoms with Gasteiger partial charge in [-0.15, -0.1) is 6.58 Å². The maximum Gasteiger partial charge on any atom is 0.354 e. The predicted molar refractivity (Wildman–Crippen MR) is 66.3 cm³/mol. The molecule has 0 bridgehead atoms. The highest BCUT2D eigenvalue weighted by atomic mass is 16.4. The molecule has 0 saturated heterocycles. The fourth-order valence-corrected chi connectivity index (χ4v) is 1.38. The molecule has 92 valence electrons. The maximum atomic E-state index is 10.9. The third kappa shape index (κ3) is 3.27. The highest BCUT2D eigenvalue weighted by Crippen LogP contribution is 2.19. The molecule has 0 aliphatic carbocycles. The van der Waals surface area contributed by atoms with Crippen molar-refractivity contribution in [2.24, 2.45) is 0 Å². The second-order valence-corrected chi connectivity index (χ2v) is 4.62. The number of anilines is 1. The first-order valence-corrected chi connectivity index (χ1v) is 5.31. The van der Waals surface area contributed by atoms with Crippen molar-refractivity contribution in [1.82, 2.24) is 9.97 Å². The van der Waals surface area contributed by atoms with Crippen molar-refractivity contribution in [3.8, 4) is 0 Å². The van der Waals surface area contributed by atoms with Crippen molar-refractivity contribution >= 4 is 11.9 Å². The van der Waals surface area contributed by atoms with Gasteiger partial charge in [-0.2, -0.15) is 0 Å². The summed E-state index contributed by atoms with van der Waals surface area (Å²) in [7, 11) is 0. The highest BCUT2D eigenvalue weighted by molar-refractivity contribution is 5.85. The Kier molecular flexibility index (Phi) is 3.83. The van der Waals surface area contributed by atoms with Crippen LogP contribution in [-0.4, -0.2) is 33.1 Å². The quantitative estimate of drug-likeness (QED) is 0.808. The number of aromatic nitrogens is 2. The zero-order valence-electron chi connectivity index (χ0n) is 10.3. The van der Waals surface area contributed by atoms with Crippen molar-refractivity contribution in [2.45, 2.75) is 26.3 Å². The topological polar surface area (TPSA) is 66.3 Å². The molecule has 0 unspecified atom stereocenters. The van der Waals surface area contributed by atoms with E-state index in [0.29, 0.717) is 12.5 Å². The standard InChI is InChI=1S/C12H17N3O2/c1-5-8-15(12(2,3)4)11-13-7-6-9(14-11)10(16)17/h5-7H,1,8H2,2-4H3,(H,16,17). The minimum absolute atomic E-state index is 0.00619. The molecule has 0 fully saturated rings. The summed E-state index contributed by atoms with van der Waals surface area (Å²) in [5.74, 6) is -0.654. The SMILES string of the molecule is C=CCN(c1nccc(C(=O)O)n1)C(C)(C)C. The smallest absolute Gasteiger partial charge is 0.354 e. The van der Waals surface area contributed by atoms with Gasteiger partial charge in [0.15, 0.2) is 5.69 Å². The van der Waals surface area contributed by atoms with E-state index >= 15 is 0 Å². The van der Waals surface area contributed by atoms with Gasteiger partial charge < -0.3 is 10.0 Å². The Balaban J connectivity index is 3.14. The molecule has 0 atom stereocenters. The molecule has 1 rings (SSSR count). The summed E-state index contributed by atoms with van der Waals surface area (Å²) >= 11 is 0. The van der Waals surface area contributed by atoms with Crippen LogP contribution in [0, 0.1) is 0 Å². The summed E-state index contributed by atoms with van der Waals surface area (Å²) in [4.78, 5) is 20.9. The van der Waals surface area contributed by atoms with E-state index in [1.54, 1.807) is 6.08 Å². The van der Waals surface area contributed by atoms with Gasteiger partial charge in [0.2, 0.25) is 5.95 Å². The zero-order chi connectivity index (χ0) is 13.1. The van der Waals surface area contributed by atoms with Gasteiger partial charge in [0.1, 0.15) is 0 Å². The minimum atomic E-state index is -1.05. The van der Waals surface area contributed by atoms with Crippen LogP contribution < -0.4 is 4.90 Å². The second-order valence-electron chi connectivity index (χ2n) is 4.62. The Morgan fingerprint density at radius 2 is 2.24 bits per heavy atom. The van der Waals surface area contributed by atoms with E-state index < -0.39 is 5.97 Å². The van der Waals surface area contributed by atoms with E-state index in [1.165, 1.54) is 12.3 Å². The number of rotatable bonds is 4. The maximum absolute atomic E-state index is 10.9. The molecular formula is C12H17N3O2. The number of aromatic carboxylic acids is 1. The molecule has 0 saturated carbocycles. The third-order valence-electron chi connectivity index (χ3n) is 2.22. The van der Waals surface area contributed by atoms with Gasteiger partial charge >= 0.3 is 5.97 Å². The molecule has 1 aromatic heterocycles. The lowest BCUT2D eigenvalue weighted by Crippen LogP contribution is -2.42. The monoisotopic (exact) mass is 235 g/mol. The van der Waals surface area contributed by atoms with Crippen molar-refractivity contribution in [2.75, 3.05) is 11.4 Å². The lowest BCUT2D eigenvalue weighted by atomic mass is 10.1. The Hall–Kier alpha value is -1.91. The fraction of sp³-hybridized carbons (Fsp3) is 0.417. The van der Waals surface area contributed by atoms with E-state index in [0.717, 1.165) is 0 Å². The fourth-order valence-electron chi connectivity index (χ4n) is 1.38. The summed E-state index contributed by atoms with van der Waals surface area (Å²) in [5.41, 5.74) is -0.209. The summed E-state index contributed by atoms with van der Waals surface area (Å²) in [6.07, 6.45) is 3.19. The molecule has 1 N–H and O–H groups in total. The van der Waals surface area contributed by atoms with E-state index in [4.69, 9.17) is 5.11 Å². The predicted octanol–water partition coefficient (Wildman–Crippen LogP) is 1.97. The van der Waals surface area contributed by atoms with Crippen molar-refractivity contribution < 1.29 is 9.90 Å². The molecule has 0 spiro atoms. The number of nitrogens with zero attached hydrogens (tertiary/aromatic N) is 3. The van der Waals surface area contributed by atoms with Crippen LogP contribution in [-0.2, 0) is 0 Å². The van der Waals surface area contributed by atoms with E-state index in [-0.39, 0.29) is 11.2 Å². The van der Waals surface area contributed by atoms with Crippen molar-refractivity contribution in [3.63, 3.8) is 0 Å². The number of hydrogen-bond donors (Lipinski definition) is 1. The van der Waals surface area contributed by atoms with Crippen LogP contribution in [0.4, 0.5) is 5.95 Å². The van der Waals surface area contributed by atoms with Crippen LogP contribution in [0.2, 0.25) is 0 Å². The summed E-state index contributed by atoms with van der Waals surface area (Å²) in [5, 5.41) is 8.89. The Morgan fingerprint density at radius 1 is 1.59 bits per heavy atom. The van der Waals surface area contributed by atoms with Crippen molar-refractivity contribution in [1.29, 1.82) is 0 Å². The minimum Gasteiger partial charge on any atom is -0.477 e. The number of carboxylic acids is 1. The number of hydrogen-bond acceptors (Lipinski definition) is 4. The normalized spacial score (nSPS) is 11.0. The summed E-state index contributed by atoms with van der Waals surface area (Å²) < 4.78 is 0. The van der Waals surface area contributed by atoms with Crippen LogP contribution in [0.5, 0.6) is 0 Å². The summed E-state index contributed by atoms with van der Waals surface area (Å²) in [6.45, 7) is 10.3. The Labute approximate surface area is 101 Å².